The van der Waals surface area contributed by atoms with Crippen LogP contribution in [0.25, 0.3) is 22.4 Å². The maximum Gasteiger partial charge on any atom is 0.336 e. The maximum absolute atomic E-state index is 13.6. The van der Waals surface area contributed by atoms with Gasteiger partial charge in [0.25, 0.3) is 5.56 Å². The van der Waals surface area contributed by atoms with Gasteiger partial charge in [-0.3, -0.25) is 14.3 Å². The number of aromatic nitrogens is 6. The standard InChI is InChI=1S/C20H14F2N6O2/c1-4-8-26-12(3)18(28-24-15-9-13(21)14(22)10-16(15)25-28)19(29)27(20(26)30)17-6-5-7-23-11(17)2/h1,5-7,9-10H,8H2,2-3H3. The third-order valence-corrected chi connectivity index (χ3v) is 4.67. The number of hydrogen-bond acceptors (Lipinski definition) is 5. The summed E-state index contributed by atoms with van der Waals surface area (Å²) in [7, 11) is 0. The highest BCUT2D eigenvalue weighted by molar-refractivity contribution is 5.74. The number of benzene rings is 1. The van der Waals surface area contributed by atoms with Gasteiger partial charge in [-0.15, -0.1) is 21.4 Å². The van der Waals surface area contributed by atoms with Gasteiger partial charge in [0.1, 0.15) is 11.0 Å². The molecule has 3 heterocycles. The van der Waals surface area contributed by atoms with E-state index in [4.69, 9.17) is 6.42 Å². The van der Waals surface area contributed by atoms with Crippen molar-refractivity contribution in [2.75, 3.05) is 0 Å². The van der Waals surface area contributed by atoms with E-state index in [9.17, 15) is 18.4 Å². The summed E-state index contributed by atoms with van der Waals surface area (Å²) in [4.78, 5) is 31.5. The topological polar surface area (TPSA) is 87.6 Å². The lowest BCUT2D eigenvalue weighted by atomic mass is 10.3. The lowest BCUT2D eigenvalue weighted by Gasteiger charge is -2.15. The summed E-state index contributed by atoms with van der Waals surface area (Å²) in [6.07, 6.45) is 6.94. The van der Waals surface area contributed by atoms with Gasteiger partial charge in [-0.2, -0.15) is 0 Å². The van der Waals surface area contributed by atoms with Crippen molar-refractivity contribution < 1.29 is 8.78 Å². The first-order valence-electron chi connectivity index (χ1n) is 8.78. The molecule has 150 valence electrons. The van der Waals surface area contributed by atoms with E-state index < -0.39 is 22.9 Å². The SMILES string of the molecule is C#CCn1c(C)c(-n2nc3cc(F)c(F)cc3n2)c(=O)n(-c2cccnc2C)c1=O. The Morgan fingerprint density at radius 3 is 2.30 bits per heavy atom. The second kappa shape index (κ2) is 7.04. The summed E-state index contributed by atoms with van der Waals surface area (Å²) in [5.74, 6) is 0.200. The minimum atomic E-state index is -1.09. The van der Waals surface area contributed by atoms with Crippen LogP contribution in [0.15, 0.2) is 40.1 Å². The largest absolute Gasteiger partial charge is 0.336 e. The Hall–Kier alpha value is -4.13. The van der Waals surface area contributed by atoms with Gasteiger partial charge in [0.05, 0.1) is 23.6 Å². The van der Waals surface area contributed by atoms with E-state index in [-0.39, 0.29) is 34.6 Å². The van der Waals surface area contributed by atoms with Gasteiger partial charge in [-0.25, -0.2) is 18.1 Å². The second-order valence-electron chi connectivity index (χ2n) is 6.50. The summed E-state index contributed by atoms with van der Waals surface area (Å²) in [6.45, 7) is 3.06. The van der Waals surface area contributed by atoms with E-state index >= 15 is 0 Å². The van der Waals surface area contributed by atoms with E-state index in [1.54, 1.807) is 19.1 Å². The Balaban J connectivity index is 2.11. The fourth-order valence-electron chi connectivity index (χ4n) is 3.18. The average Bonchev–Trinajstić information content (AvgIpc) is 3.09. The van der Waals surface area contributed by atoms with Crippen molar-refractivity contribution in [2.24, 2.45) is 0 Å². The van der Waals surface area contributed by atoms with Gasteiger partial charge in [0.2, 0.25) is 0 Å². The van der Waals surface area contributed by atoms with Crippen LogP contribution in [0.2, 0.25) is 0 Å². The van der Waals surface area contributed by atoms with Crippen molar-refractivity contribution in [3.8, 4) is 23.7 Å². The summed E-state index contributed by atoms with van der Waals surface area (Å²) in [5, 5.41) is 8.20. The highest BCUT2D eigenvalue weighted by Gasteiger charge is 2.22. The van der Waals surface area contributed by atoms with Crippen LogP contribution >= 0.6 is 0 Å². The third-order valence-electron chi connectivity index (χ3n) is 4.67. The van der Waals surface area contributed by atoms with Gasteiger partial charge in [-0.1, -0.05) is 5.92 Å². The molecule has 0 radical (unpaired) electrons. The number of fused-ring (bicyclic) bond motifs is 1. The van der Waals surface area contributed by atoms with Crippen molar-refractivity contribution in [1.82, 2.24) is 29.1 Å². The Kier molecular flexibility index (Phi) is 4.50. The lowest BCUT2D eigenvalue weighted by molar-refractivity contribution is 0.510. The van der Waals surface area contributed by atoms with Crippen LogP contribution in [0.5, 0.6) is 0 Å². The van der Waals surface area contributed by atoms with E-state index in [0.717, 1.165) is 21.5 Å². The fraction of sp³-hybridized carbons (Fsp3) is 0.150. The zero-order chi connectivity index (χ0) is 21.6. The van der Waals surface area contributed by atoms with Crippen LogP contribution in [0.3, 0.4) is 0 Å². The molecule has 3 aromatic heterocycles. The molecule has 30 heavy (non-hydrogen) atoms. The molecule has 0 aliphatic heterocycles. The van der Waals surface area contributed by atoms with Crippen molar-refractivity contribution >= 4 is 11.0 Å². The van der Waals surface area contributed by atoms with Gasteiger partial charge in [0, 0.05) is 18.3 Å². The van der Waals surface area contributed by atoms with Gasteiger partial charge in [-0.05, 0) is 26.0 Å². The first-order chi connectivity index (χ1) is 14.3. The number of halogens is 2. The normalized spacial score (nSPS) is 11.0. The number of pyridine rings is 1. The van der Waals surface area contributed by atoms with Crippen LogP contribution < -0.4 is 11.2 Å². The zero-order valence-electron chi connectivity index (χ0n) is 15.9. The monoisotopic (exact) mass is 408 g/mol. The van der Waals surface area contributed by atoms with Crippen LogP contribution in [0.1, 0.15) is 11.4 Å². The highest BCUT2D eigenvalue weighted by Crippen LogP contribution is 2.17. The minimum absolute atomic E-state index is 0.0477. The molecule has 0 spiro atoms. The first kappa shape index (κ1) is 19.2. The van der Waals surface area contributed by atoms with E-state index in [2.05, 4.69) is 21.1 Å². The van der Waals surface area contributed by atoms with Crippen LogP contribution in [-0.4, -0.2) is 29.1 Å². The van der Waals surface area contributed by atoms with Crippen molar-refractivity contribution in [3.63, 3.8) is 0 Å². The average molecular weight is 408 g/mol. The molecule has 0 saturated heterocycles. The summed E-state index contributed by atoms with van der Waals surface area (Å²) < 4.78 is 29.3. The molecule has 10 heteroatoms. The maximum atomic E-state index is 13.6. The van der Waals surface area contributed by atoms with Crippen LogP contribution in [0, 0.1) is 37.8 Å². The van der Waals surface area contributed by atoms with Gasteiger partial charge >= 0.3 is 5.69 Å². The molecule has 0 saturated carbocycles. The molecule has 0 amide bonds. The van der Waals surface area contributed by atoms with Crippen molar-refractivity contribution in [3.05, 3.63) is 74.3 Å². The van der Waals surface area contributed by atoms with Crippen LogP contribution in [0.4, 0.5) is 8.78 Å². The lowest BCUT2D eigenvalue weighted by Crippen LogP contribution is -2.42. The molecule has 0 fully saturated rings. The number of aryl methyl sites for hydroxylation is 1. The van der Waals surface area contributed by atoms with E-state index in [1.165, 1.54) is 17.7 Å². The molecule has 4 aromatic rings. The molecule has 0 aliphatic carbocycles. The molecule has 4 rings (SSSR count). The molecular formula is C20H14F2N6O2. The van der Waals surface area contributed by atoms with Gasteiger partial charge in [0.15, 0.2) is 17.3 Å². The Morgan fingerprint density at radius 2 is 1.73 bits per heavy atom. The molecule has 0 N–H and O–H groups in total. The summed E-state index contributed by atoms with van der Waals surface area (Å²) in [5.41, 5.74) is -0.424. The number of terminal acetylenes is 1. The Bertz CT molecular complexity index is 1440. The van der Waals surface area contributed by atoms with E-state index in [0.29, 0.717) is 5.69 Å². The second-order valence-corrected chi connectivity index (χ2v) is 6.50. The van der Waals surface area contributed by atoms with Crippen LogP contribution in [-0.2, 0) is 6.54 Å². The first-order valence-corrected chi connectivity index (χ1v) is 8.78. The zero-order valence-corrected chi connectivity index (χ0v) is 15.9. The van der Waals surface area contributed by atoms with Gasteiger partial charge < -0.3 is 0 Å². The van der Waals surface area contributed by atoms with Crippen molar-refractivity contribution in [1.29, 1.82) is 0 Å². The molecule has 1 aromatic carbocycles. The predicted molar refractivity (Wildman–Crippen MR) is 105 cm³/mol. The number of nitrogens with zero attached hydrogens (tertiary/aromatic N) is 6. The molecule has 0 unspecified atom stereocenters. The summed E-state index contributed by atoms with van der Waals surface area (Å²) >= 11 is 0. The molecule has 0 aliphatic rings. The quantitative estimate of drug-likeness (QED) is 0.481. The fourth-order valence-corrected chi connectivity index (χ4v) is 3.18. The number of hydrogen-bond donors (Lipinski definition) is 0. The van der Waals surface area contributed by atoms with Crippen molar-refractivity contribution in [2.45, 2.75) is 20.4 Å². The highest BCUT2D eigenvalue weighted by atomic mass is 19.2. The Labute approximate surface area is 168 Å². The molecule has 8 nitrogen and oxygen atoms in total. The minimum Gasteiger partial charge on any atom is -0.284 e. The third kappa shape index (κ3) is 2.88. The smallest absolute Gasteiger partial charge is 0.284 e. The molecule has 0 bridgehead atoms. The Morgan fingerprint density at radius 1 is 1.10 bits per heavy atom. The van der Waals surface area contributed by atoms with E-state index in [1.807, 2.05) is 0 Å². The molecule has 0 atom stereocenters. The predicted octanol–water partition coefficient (Wildman–Crippen LogP) is 1.66. The number of rotatable bonds is 3. The summed E-state index contributed by atoms with van der Waals surface area (Å²) in [6, 6.07) is 4.92. The molecular weight excluding hydrogens is 394 g/mol.